The number of aliphatic carboxylic acids is 1. The van der Waals surface area contributed by atoms with E-state index < -0.39 is 5.97 Å². The van der Waals surface area contributed by atoms with Crippen molar-refractivity contribution in [2.45, 2.75) is 39.5 Å². The van der Waals surface area contributed by atoms with Gasteiger partial charge < -0.3 is 10.4 Å². The lowest BCUT2D eigenvalue weighted by Crippen LogP contribution is -2.11. The molecule has 1 amide bonds. The fourth-order valence-electron chi connectivity index (χ4n) is 1.60. The summed E-state index contributed by atoms with van der Waals surface area (Å²) in [5.41, 5.74) is 1.41. The number of nitrogens with zero attached hydrogens (tertiary/aromatic N) is 1. The molecule has 0 fully saturated rings. The molecule has 0 saturated heterocycles. The largest absolute Gasteiger partial charge is 0.481 e. The molecule has 1 aromatic heterocycles. The van der Waals surface area contributed by atoms with Crippen molar-refractivity contribution in [2.24, 2.45) is 0 Å². The lowest BCUT2D eigenvalue weighted by atomic mass is 10.1. The molecule has 0 radical (unpaired) electrons. The molecule has 1 rings (SSSR count). The number of carbonyl (C=O) groups is 2. The Labute approximate surface area is 115 Å². The second-order valence-electron chi connectivity index (χ2n) is 4.25. The Kier molecular flexibility index (Phi) is 5.52. The molecule has 0 saturated carbocycles. The molecule has 1 heterocycles. The van der Waals surface area contributed by atoms with E-state index in [4.69, 9.17) is 10.4 Å². The average molecular weight is 280 g/mol. The molecule has 19 heavy (non-hydrogen) atoms. The first kappa shape index (κ1) is 15.2. The van der Waals surface area contributed by atoms with Crippen molar-refractivity contribution in [3.05, 3.63) is 16.0 Å². The number of carboxylic acids is 1. The highest BCUT2D eigenvalue weighted by molar-refractivity contribution is 7.16. The van der Waals surface area contributed by atoms with Crippen LogP contribution in [-0.2, 0) is 9.59 Å². The first-order valence-corrected chi connectivity index (χ1v) is 6.79. The normalized spacial score (nSPS) is 9.95. The van der Waals surface area contributed by atoms with Crippen LogP contribution in [0.3, 0.4) is 0 Å². The molecule has 0 unspecified atom stereocenters. The van der Waals surface area contributed by atoms with E-state index in [9.17, 15) is 9.59 Å². The van der Waals surface area contributed by atoms with Crippen LogP contribution in [0.5, 0.6) is 0 Å². The number of rotatable bonds is 6. The van der Waals surface area contributed by atoms with Crippen molar-refractivity contribution in [1.29, 1.82) is 5.26 Å². The molecular formula is C13H16N2O3S. The van der Waals surface area contributed by atoms with Crippen molar-refractivity contribution in [3.63, 3.8) is 0 Å². The van der Waals surface area contributed by atoms with E-state index in [2.05, 4.69) is 11.4 Å². The van der Waals surface area contributed by atoms with Crippen LogP contribution in [0.1, 0.15) is 41.7 Å². The van der Waals surface area contributed by atoms with Crippen LogP contribution >= 0.6 is 11.3 Å². The van der Waals surface area contributed by atoms with Crippen LogP contribution < -0.4 is 5.32 Å². The molecule has 1 aromatic rings. The molecule has 0 bridgehead atoms. The maximum absolute atomic E-state index is 11.7. The summed E-state index contributed by atoms with van der Waals surface area (Å²) >= 11 is 1.39. The van der Waals surface area contributed by atoms with Gasteiger partial charge in [0.05, 0.1) is 5.56 Å². The summed E-state index contributed by atoms with van der Waals surface area (Å²) in [6.07, 6.45) is 1.36. The number of carboxylic acid groups (broad SMARTS) is 1. The minimum atomic E-state index is -0.850. The van der Waals surface area contributed by atoms with Crippen LogP contribution in [-0.4, -0.2) is 17.0 Å². The summed E-state index contributed by atoms with van der Waals surface area (Å²) in [5.74, 6) is -1.03. The minimum absolute atomic E-state index is 0.0773. The average Bonchev–Trinajstić information content (AvgIpc) is 2.60. The Morgan fingerprint density at radius 2 is 1.95 bits per heavy atom. The van der Waals surface area contributed by atoms with Gasteiger partial charge in [-0.1, -0.05) is 0 Å². The third kappa shape index (κ3) is 4.38. The smallest absolute Gasteiger partial charge is 0.303 e. The second kappa shape index (κ2) is 6.90. The SMILES string of the molecule is Cc1sc(NC(=O)CCCCC(=O)O)c(C#N)c1C. The maximum Gasteiger partial charge on any atom is 0.303 e. The molecule has 2 N–H and O–H groups in total. The van der Waals surface area contributed by atoms with E-state index in [1.807, 2.05) is 13.8 Å². The molecule has 0 aromatic carbocycles. The van der Waals surface area contributed by atoms with Gasteiger partial charge >= 0.3 is 5.97 Å². The maximum atomic E-state index is 11.7. The Morgan fingerprint density at radius 1 is 1.32 bits per heavy atom. The number of thiophene rings is 1. The molecular weight excluding hydrogens is 264 g/mol. The van der Waals surface area contributed by atoms with Crippen LogP contribution in [0.25, 0.3) is 0 Å². The number of carbonyl (C=O) groups excluding carboxylic acids is 1. The van der Waals surface area contributed by atoms with Crippen molar-refractivity contribution >= 4 is 28.2 Å². The van der Waals surface area contributed by atoms with Crippen LogP contribution in [0, 0.1) is 25.2 Å². The zero-order chi connectivity index (χ0) is 14.4. The molecule has 0 aliphatic rings. The van der Waals surface area contributed by atoms with Gasteiger partial charge in [-0.15, -0.1) is 11.3 Å². The number of hydrogen-bond acceptors (Lipinski definition) is 4. The lowest BCUT2D eigenvalue weighted by Gasteiger charge is -2.02. The highest BCUT2D eigenvalue weighted by atomic mass is 32.1. The van der Waals surface area contributed by atoms with E-state index in [1.54, 1.807) is 0 Å². The van der Waals surface area contributed by atoms with Crippen molar-refractivity contribution in [1.82, 2.24) is 0 Å². The van der Waals surface area contributed by atoms with E-state index in [1.165, 1.54) is 11.3 Å². The molecule has 0 aliphatic carbocycles. The van der Waals surface area contributed by atoms with Gasteiger partial charge in [-0.05, 0) is 32.3 Å². The third-order valence-electron chi connectivity index (χ3n) is 2.79. The number of amides is 1. The highest BCUT2D eigenvalue weighted by Gasteiger charge is 2.14. The number of unbranched alkanes of at least 4 members (excludes halogenated alkanes) is 1. The zero-order valence-electron chi connectivity index (χ0n) is 10.9. The predicted molar refractivity (Wildman–Crippen MR) is 73.2 cm³/mol. The van der Waals surface area contributed by atoms with Crippen LogP contribution in [0.15, 0.2) is 0 Å². The predicted octanol–water partition coefficient (Wildman–Crippen LogP) is 2.82. The molecule has 102 valence electrons. The fraction of sp³-hybridized carbons (Fsp3) is 0.462. The van der Waals surface area contributed by atoms with Gasteiger partial charge in [0.1, 0.15) is 11.1 Å². The van der Waals surface area contributed by atoms with E-state index in [0.717, 1.165) is 10.4 Å². The molecule has 6 heteroatoms. The summed E-state index contributed by atoms with van der Waals surface area (Å²) in [5, 5.41) is 20.8. The number of anilines is 1. The van der Waals surface area contributed by atoms with Crippen LogP contribution in [0.4, 0.5) is 5.00 Å². The summed E-state index contributed by atoms with van der Waals surface area (Å²) in [6.45, 7) is 3.76. The van der Waals surface area contributed by atoms with E-state index in [-0.39, 0.29) is 18.7 Å². The lowest BCUT2D eigenvalue weighted by molar-refractivity contribution is -0.137. The highest BCUT2D eigenvalue weighted by Crippen LogP contribution is 2.31. The topological polar surface area (TPSA) is 90.2 Å². The quantitative estimate of drug-likeness (QED) is 0.784. The van der Waals surface area contributed by atoms with Gasteiger partial charge in [0.25, 0.3) is 0 Å². The summed E-state index contributed by atoms with van der Waals surface area (Å²) in [6, 6.07) is 2.09. The Balaban J connectivity index is 2.51. The summed E-state index contributed by atoms with van der Waals surface area (Å²) < 4.78 is 0. The Hall–Kier alpha value is -1.87. The van der Waals surface area contributed by atoms with Gasteiger partial charge in [-0.3, -0.25) is 9.59 Å². The summed E-state index contributed by atoms with van der Waals surface area (Å²) in [4.78, 5) is 23.0. The molecule has 0 aliphatic heterocycles. The van der Waals surface area contributed by atoms with E-state index >= 15 is 0 Å². The van der Waals surface area contributed by atoms with E-state index in [0.29, 0.717) is 23.4 Å². The number of nitrogens with one attached hydrogen (secondary N) is 1. The van der Waals surface area contributed by atoms with Gasteiger partial charge in [-0.25, -0.2) is 0 Å². The van der Waals surface area contributed by atoms with Gasteiger partial charge in [0, 0.05) is 17.7 Å². The molecule has 0 spiro atoms. The third-order valence-corrected chi connectivity index (χ3v) is 3.92. The first-order chi connectivity index (χ1) is 8.95. The fourth-order valence-corrected chi connectivity index (χ4v) is 2.63. The monoisotopic (exact) mass is 280 g/mol. The zero-order valence-corrected chi connectivity index (χ0v) is 11.8. The summed E-state index contributed by atoms with van der Waals surface area (Å²) in [7, 11) is 0. The standard InChI is InChI=1S/C13H16N2O3S/c1-8-9(2)19-13(10(8)7-14)15-11(16)5-3-4-6-12(17)18/h3-6H2,1-2H3,(H,15,16)(H,17,18). The van der Waals surface area contributed by atoms with Crippen molar-refractivity contribution in [3.8, 4) is 6.07 Å². The van der Waals surface area contributed by atoms with Crippen molar-refractivity contribution < 1.29 is 14.7 Å². The number of aryl methyl sites for hydroxylation is 1. The van der Waals surface area contributed by atoms with Crippen molar-refractivity contribution in [2.75, 3.05) is 5.32 Å². The van der Waals surface area contributed by atoms with Gasteiger partial charge in [0.2, 0.25) is 5.91 Å². The molecule has 0 atom stereocenters. The van der Waals surface area contributed by atoms with Gasteiger partial charge in [0.15, 0.2) is 0 Å². The second-order valence-corrected chi connectivity index (χ2v) is 5.47. The number of hydrogen-bond donors (Lipinski definition) is 2. The Bertz CT molecular complexity index is 529. The van der Waals surface area contributed by atoms with Gasteiger partial charge in [-0.2, -0.15) is 5.26 Å². The number of nitriles is 1. The molecule has 5 nitrogen and oxygen atoms in total. The minimum Gasteiger partial charge on any atom is -0.481 e. The Morgan fingerprint density at radius 3 is 2.53 bits per heavy atom. The van der Waals surface area contributed by atoms with Crippen LogP contribution in [0.2, 0.25) is 0 Å². The first-order valence-electron chi connectivity index (χ1n) is 5.97.